The molecule has 1 saturated carbocycles. The van der Waals surface area contributed by atoms with Crippen LogP contribution in [0.2, 0.25) is 0 Å². The van der Waals surface area contributed by atoms with E-state index in [1.54, 1.807) is 6.07 Å². The fourth-order valence-corrected chi connectivity index (χ4v) is 2.89. The summed E-state index contributed by atoms with van der Waals surface area (Å²) in [7, 11) is 1.83. The van der Waals surface area contributed by atoms with Crippen LogP contribution in [0.15, 0.2) is 18.2 Å². The molecule has 0 aromatic heterocycles. The highest BCUT2D eigenvalue weighted by Crippen LogP contribution is 2.35. The normalized spacial score (nSPS) is 16.6. The van der Waals surface area contributed by atoms with Crippen molar-refractivity contribution in [2.24, 2.45) is 5.92 Å². The molecule has 2 nitrogen and oxygen atoms in total. The zero-order valence-electron chi connectivity index (χ0n) is 11.6. The van der Waals surface area contributed by atoms with Crippen molar-refractivity contribution in [2.45, 2.75) is 38.5 Å². The lowest BCUT2D eigenvalue weighted by Gasteiger charge is -2.24. The summed E-state index contributed by atoms with van der Waals surface area (Å²) in [5.74, 6) is 0.576. The molecule has 1 aromatic carbocycles. The van der Waals surface area contributed by atoms with Gasteiger partial charge in [0, 0.05) is 19.3 Å². The maximum Gasteiger partial charge on any atom is 0.416 e. The van der Waals surface area contributed by atoms with Crippen LogP contribution in [0, 0.1) is 5.92 Å². The van der Waals surface area contributed by atoms with Crippen molar-refractivity contribution < 1.29 is 18.3 Å². The van der Waals surface area contributed by atoms with Gasteiger partial charge in [-0.1, -0.05) is 18.9 Å². The second-order valence-electron chi connectivity index (χ2n) is 5.53. The lowest BCUT2D eigenvalue weighted by molar-refractivity contribution is -0.138. The average molecular weight is 287 g/mol. The predicted molar refractivity (Wildman–Crippen MR) is 72.6 cm³/mol. The summed E-state index contributed by atoms with van der Waals surface area (Å²) in [6.07, 6.45) is 0.324. The van der Waals surface area contributed by atoms with Crippen LogP contribution in [-0.4, -0.2) is 18.7 Å². The fraction of sp³-hybridized carbons (Fsp3) is 0.600. The van der Waals surface area contributed by atoms with E-state index in [0.717, 1.165) is 25.5 Å². The molecule has 0 bridgehead atoms. The summed E-state index contributed by atoms with van der Waals surface area (Å²) in [6.45, 7) is 0.192. The number of nitrogens with zero attached hydrogens (tertiary/aromatic N) is 1. The smallest absolute Gasteiger partial charge is 0.392 e. The standard InChI is InChI=1S/C15H20F3NO/c1-19(9-11-4-2-3-5-11)13-7-6-12(10-20)14(8-13)15(16,17)18/h6-8,11,20H,2-5,9-10H2,1H3. The predicted octanol–water partition coefficient (Wildman–Crippen LogP) is 3.82. The first kappa shape index (κ1) is 15.2. The van der Waals surface area contributed by atoms with E-state index >= 15 is 0 Å². The van der Waals surface area contributed by atoms with Gasteiger partial charge in [-0.25, -0.2) is 0 Å². The number of aliphatic hydroxyl groups is 1. The second kappa shape index (κ2) is 6.04. The van der Waals surface area contributed by atoms with E-state index in [9.17, 15) is 13.2 Å². The quantitative estimate of drug-likeness (QED) is 0.910. The third kappa shape index (κ3) is 3.45. The first-order valence-corrected chi connectivity index (χ1v) is 6.94. The molecule has 1 N–H and O–H groups in total. The Kier molecular flexibility index (Phi) is 4.58. The largest absolute Gasteiger partial charge is 0.416 e. The molecule has 112 valence electrons. The van der Waals surface area contributed by atoms with Gasteiger partial charge in [0.1, 0.15) is 0 Å². The molecule has 0 radical (unpaired) electrons. The Labute approximate surface area is 117 Å². The first-order valence-electron chi connectivity index (χ1n) is 6.94. The summed E-state index contributed by atoms with van der Waals surface area (Å²) in [5, 5.41) is 9.03. The van der Waals surface area contributed by atoms with E-state index < -0.39 is 18.3 Å². The number of alkyl halides is 3. The topological polar surface area (TPSA) is 23.5 Å². The van der Waals surface area contributed by atoms with Gasteiger partial charge in [0.15, 0.2) is 0 Å². The van der Waals surface area contributed by atoms with E-state index in [4.69, 9.17) is 5.11 Å². The van der Waals surface area contributed by atoms with Crippen molar-refractivity contribution in [3.63, 3.8) is 0 Å². The molecule has 0 aliphatic heterocycles. The number of anilines is 1. The molecule has 1 fully saturated rings. The van der Waals surface area contributed by atoms with Crippen LogP contribution in [0.3, 0.4) is 0 Å². The Morgan fingerprint density at radius 2 is 1.90 bits per heavy atom. The number of benzene rings is 1. The number of hydrogen-bond donors (Lipinski definition) is 1. The van der Waals surface area contributed by atoms with Crippen LogP contribution < -0.4 is 4.90 Å². The average Bonchev–Trinajstić information content (AvgIpc) is 2.89. The van der Waals surface area contributed by atoms with Crippen LogP contribution in [-0.2, 0) is 12.8 Å². The Morgan fingerprint density at radius 1 is 1.25 bits per heavy atom. The number of halogens is 3. The third-order valence-electron chi connectivity index (χ3n) is 4.02. The van der Waals surface area contributed by atoms with Gasteiger partial charge in [0.2, 0.25) is 0 Å². The van der Waals surface area contributed by atoms with Crippen LogP contribution in [0.25, 0.3) is 0 Å². The molecule has 0 amide bonds. The van der Waals surface area contributed by atoms with Gasteiger partial charge in [-0.3, -0.25) is 0 Å². The molecule has 0 atom stereocenters. The van der Waals surface area contributed by atoms with Gasteiger partial charge >= 0.3 is 6.18 Å². The SMILES string of the molecule is CN(CC1CCCC1)c1ccc(CO)c(C(F)(F)F)c1. The Bertz CT molecular complexity index is 453. The maximum absolute atomic E-state index is 13.0. The van der Waals surface area contributed by atoms with Gasteiger partial charge in [-0.2, -0.15) is 13.2 Å². The molecule has 0 spiro atoms. The molecule has 2 rings (SSSR count). The molecule has 5 heteroatoms. The summed E-state index contributed by atoms with van der Waals surface area (Å²) in [6, 6.07) is 4.15. The molecular formula is C15H20F3NO. The first-order chi connectivity index (χ1) is 9.41. The van der Waals surface area contributed by atoms with Crippen molar-refractivity contribution in [1.82, 2.24) is 0 Å². The minimum Gasteiger partial charge on any atom is -0.392 e. The van der Waals surface area contributed by atoms with Crippen molar-refractivity contribution in [3.8, 4) is 0 Å². The monoisotopic (exact) mass is 287 g/mol. The Balaban J connectivity index is 2.19. The Hall–Kier alpha value is -1.23. The highest BCUT2D eigenvalue weighted by atomic mass is 19.4. The van der Waals surface area contributed by atoms with Crippen molar-refractivity contribution in [2.75, 3.05) is 18.5 Å². The van der Waals surface area contributed by atoms with E-state index in [2.05, 4.69) is 0 Å². The highest BCUT2D eigenvalue weighted by molar-refractivity contribution is 5.51. The van der Waals surface area contributed by atoms with Crippen LogP contribution in [0.4, 0.5) is 18.9 Å². The second-order valence-corrected chi connectivity index (χ2v) is 5.53. The molecule has 1 aromatic rings. The fourth-order valence-electron chi connectivity index (χ4n) is 2.89. The van der Waals surface area contributed by atoms with Crippen LogP contribution in [0.5, 0.6) is 0 Å². The van der Waals surface area contributed by atoms with Crippen molar-refractivity contribution in [3.05, 3.63) is 29.3 Å². The van der Waals surface area contributed by atoms with Gasteiger partial charge in [0.25, 0.3) is 0 Å². The maximum atomic E-state index is 13.0. The molecule has 20 heavy (non-hydrogen) atoms. The molecule has 1 aliphatic rings. The summed E-state index contributed by atoms with van der Waals surface area (Å²) < 4.78 is 38.9. The zero-order chi connectivity index (χ0) is 14.8. The van der Waals surface area contributed by atoms with Crippen LogP contribution in [0.1, 0.15) is 36.8 Å². The third-order valence-corrected chi connectivity index (χ3v) is 4.02. The molecular weight excluding hydrogens is 267 g/mol. The lowest BCUT2D eigenvalue weighted by atomic mass is 10.0. The minimum absolute atomic E-state index is 0.0736. The minimum atomic E-state index is -4.43. The molecule has 0 unspecified atom stereocenters. The Morgan fingerprint density at radius 3 is 2.45 bits per heavy atom. The van der Waals surface area contributed by atoms with E-state index in [-0.39, 0.29) is 5.56 Å². The highest BCUT2D eigenvalue weighted by Gasteiger charge is 2.33. The van der Waals surface area contributed by atoms with Gasteiger partial charge in [0.05, 0.1) is 12.2 Å². The summed E-state index contributed by atoms with van der Waals surface area (Å²) in [5.41, 5.74) is -0.257. The number of rotatable bonds is 4. The van der Waals surface area contributed by atoms with Crippen molar-refractivity contribution in [1.29, 1.82) is 0 Å². The summed E-state index contributed by atoms with van der Waals surface area (Å²) >= 11 is 0. The van der Waals surface area contributed by atoms with E-state index in [0.29, 0.717) is 11.6 Å². The molecule has 0 heterocycles. The van der Waals surface area contributed by atoms with E-state index in [1.165, 1.54) is 18.9 Å². The molecule has 0 saturated heterocycles. The van der Waals surface area contributed by atoms with Gasteiger partial charge < -0.3 is 10.0 Å². The van der Waals surface area contributed by atoms with E-state index in [1.807, 2.05) is 11.9 Å². The van der Waals surface area contributed by atoms with Crippen LogP contribution >= 0.6 is 0 Å². The van der Waals surface area contributed by atoms with Gasteiger partial charge in [-0.05, 0) is 36.5 Å². The lowest BCUT2D eigenvalue weighted by Crippen LogP contribution is -2.24. The summed E-state index contributed by atoms with van der Waals surface area (Å²) in [4.78, 5) is 1.88. The van der Waals surface area contributed by atoms with Gasteiger partial charge in [-0.15, -0.1) is 0 Å². The molecule has 1 aliphatic carbocycles. The number of aliphatic hydroxyl groups excluding tert-OH is 1. The number of hydrogen-bond acceptors (Lipinski definition) is 2. The zero-order valence-corrected chi connectivity index (χ0v) is 11.6. The van der Waals surface area contributed by atoms with Crippen molar-refractivity contribution >= 4 is 5.69 Å².